The molecular weight excluding hydrogens is 184 g/mol. The van der Waals surface area contributed by atoms with E-state index in [1.807, 2.05) is 0 Å². The molecule has 2 rings (SSSR count). The second-order valence-corrected chi connectivity index (χ2v) is 4.75. The van der Waals surface area contributed by atoms with Crippen LogP contribution >= 0.6 is 0 Å². The van der Waals surface area contributed by atoms with E-state index in [4.69, 9.17) is 4.74 Å². The Hall–Kier alpha value is -0.820. The first kappa shape index (κ1) is 10.7. The summed E-state index contributed by atoms with van der Waals surface area (Å²) in [5, 5.41) is 0. The van der Waals surface area contributed by atoms with E-state index in [9.17, 15) is 0 Å². The molecule has 0 amide bonds. The van der Waals surface area contributed by atoms with Crippen LogP contribution in [0.4, 0.5) is 0 Å². The highest BCUT2D eigenvalue weighted by Gasteiger charge is 2.23. The van der Waals surface area contributed by atoms with E-state index in [2.05, 4.69) is 31.2 Å². The molecule has 0 heterocycles. The molecule has 1 fully saturated rings. The molecule has 1 nitrogen and oxygen atoms in total. The molecule has 1 unspecified atom stereocenters. The largest absolute Gasteiger partial charge is 0.380 e. The van der Waals surface area contributed by atoms with Gasteiger partial charge in [-0.05, 0) is 29.4 Å². The van der Waals surface area contributed by atoms with Crippen LogP contribution in [0.25, 0.3) is 0 Å². The SMILES string of the molecule is COCc1ccc(C(C)CC2CC2)cc1. The quantitative estimate of drug-likeness (QED) is 0.710. The number of methoxy groups -OCH3 is 1. The van der Waals surface area contributed by atoms with Gasteiger partial charge in [-0.2, -0.15) is 0 Å². The molecule has 0 N–H and O–H groups in total. The van der Waals surface area contributed by atoms with Gasteiger partial charge < -0.3 is 4.74 Å². The Labute approximate surface area is 92.5 Å². The van der Waals surface area contributed by atoms with Crippen LogP contribution in [0.2, 0.25) is 0 Å². The normalized spacial score (nSPS) is 17.7. The molecule has 1 atom stereocenters. The summed E-state index contributed by atoms with van der Waals surface area (Å²) in [5.41, 5.74) is 2.74. The Bertz CT molecular complexity index is 298. The zero-order chi connectivity index (χ0) is 10.7. The Morgan fingerprint density at radius 2 is 1.93 bits per heavy atom. The van der Waals surface area contributed by atoms with Gasteiger partial charge in [0, 0.05) is 7.11 Å². The van der Waals surface area contributed by atoms with Crippen molar-refractivity contribution in [3.8, 4) is 0 Å². The highest BCUT2D eigenvalue weighted by Crippen LogP contribution is 2.38. The van der Waals surface area contributed by atoms with Gasteiger partial charge in [-0.15, -0.1) is 0 Å². The van der Waals surface area contributed by atoms with Crippen molar-refractivity contribution in [1.82, 2.24) is 0 Å². The van der Waals surface area contributed by atoms with Crippen LogP contribution in [0, 0.1) is 5.92 Å². The van der Waals surface area contributed by atoms with Crippen LogP contribution in [0.3, 0.4) is 0 Å². The second kappa shape index (κ2) is 4.80. The maximum atomic E-state index is 5.10. The van der Waals surface area contributed by atoms with E-state index in [1.54, 1.807) is 7.11 Å². The third kappa shape index (κ3) is 3.07. The molecular formula is C14H20O. The topological polar surface area (TPSA) is 9.23 Å². The van der Waals surface area contributed by atoms with Crippen molar-refractivity contribution < 1.29 is 4.74 Å². The third-order valence-corrected chi connectivity index (χ3v) is 3.24. The number of rotatable bonds is 5. The lowest BCUT2D eigenvalue weighted by atomic mass is 9.95. The van der Waals surface area contributed by atoms with Gasteiger partial charge in [-0.25, -0.2) is 0 Å². The summed E-state index contributed by atoms with van der Waals surface area (Å²) in [7, 11) is 1.74. The molecule has 0 spiro atoms. The molecule has 1 heteroatoms. The Morgan fingerprint density at radius 3 is 2.47 bits per heavy atom. The van der Waals surface area contributed by atoms with Crippen molar-refractivity contribution in [3.63, 3.8) is 0 Å². The van der Waals surface area contributed by atoms with Crippen molar-refractivity contribution >= 4 is 0 Å². The molecule has 1 aromatic carbocycles. The predicted octanol–water partition coefficient (Wildman–Crippen LogP) is 3.74. The fourth-order valence-electron chi connectivity index (χ4n) is 2.10. The highest BCUT2D eigenvalue weighted by molar-refractivity contribution is 5.24. The summed E-state index contributed by atoms with van der Waals surface area (Å²) in [5.74, 6) is 1.73. The van der Waals surface area contributed by atoms with Crippen molar-refractivity contribution in [2.24, 2.45) is 5.92 Å². The lowest BCUT2D eigenvalue weighted by Crippen LogP contribution is -1.95. The van der Waals surface area contributed by atoms with Crippen molar-refractivity contribution in [3.05, 3.63) is 35.4 Å². The van der Waals surface area contributed by atoms with Crippen LogP contribution in [0.5, 0.6) is 0 Å². The third-order valence-electron chi connectivity index (χ3n) is 3.24. The first-order valence-corrected chi connectivity index (χ1v) is 5.87. The summed E-state index contributed by atoms with van der Waals surface area (Å²) in [6, 6.07) is 8.87. The first-order chi connectivity index (χ1) is 7.29. The monoisotopic (exact) mass is 204 g/mol. The van der Waals surface area contributed by atoms with Crippen LogP contribution < -0.4 is 0 Å². The number of hydrogen-bond acceptors (Lipinski definition) is 1. The van der Waals surface area contributed by atoms with Gasteiger partial charge in [0.1, 0.15) is 0 Å². The van der Waals surface area contributed by atoms with E-state index >= 15 is 0 Å². The molecule has 82 valence electrons. The summed E-state index contributed by atoms with van der Waals surface area (Å²) < 4.78 is 5.10. The lowest BCUT2D eigenvalue weighted by Gasteiger charge is -2.11. The van der Waals surface area contributed by atoms with Gasteiger partial charge in [0.2, 0.25) is 0 Å². The highest BCUT2D eigenvalue weighted by atomic mass is 16.5. The Morgan fingerprint density at radius 1 is 1.27 bits per heavy atom. The fraction of sp³-hybridized carbons (Fsp3) is 0.571. The number of ether oxygens (including phenoxy) is 1. The Balaban J connectivity index is 1.95. The van der Waals surface area contributed by atoms with E-state index in [1.165, 1.54) is 30.4 Å². The minimum atomic E-state index is 0.717. The summed E-state index contributed by atoms with van der Waals surface area (Å²) in [6.07, 6.45) is 4.27. The van der Waals surface area contributed by atoms with Gasteiger partial charge in [-0.1, -0.05) is 44.0 Å². The van der Waals surface area contributed by atoms with Crippen LogP contribution in [0.1, 0.15) is 43.2 Å². The first-order valence-electron chi connectivity index (χ1n) is 5.87. The fourth-order valence-corrected chi connectivity index (χ4v) is 2.10. The van der Waals surface area contributed by atoms with Gasteiger partial charge in [0.05, 0.1) is 6.61 Å². The molecule has 0 aliphatic heterocycles. The smallest absolute Gasteiger partial charge is 0.0713 e. The second-order valence-electron chi connectivity index (χ2n) is 4.75. The molecule has 15 heavy (non-hydrogen) atoms. The molecule has 1 aliphatic rings. The molecule has 0 bridgehead atoms. The standard InChI is InChI=1S/C14H20O/c1-11(9-12-3-4-12)14-7-5-13(6-8-14)10-15-2/h5-8,11-12H,3-4,9-10H2,1-2H3. The van der Waals surface area contributed by atoms with Crippen molar-refractivity contribution in [2.45, 2.75) is 38.7 Å². The molecule has 1 aliphatic carbocycles. The molecule has 0 saturated heterocycles. The minimum absolute atomic E-state index is 0.717. The maximum absolute atomic E-state index is 5.10. The average Bonchev–Trinajstić information content (AvgIpc) is 3.03. The van der Waals surface area contributed by atoms with Gasteiger partial charge in [-0.3, -0.25) is 0 Å². The van der Waals surface area contributed by atoms with E-state index in [-0.39, 0.29) is 0 Å². The van der Waals surface area contributed by atoms with E-state index < -0.39 is 0 Å². The summed E-state index contributed by atoms with van der Waals surface area (Å²) >= 11 is 0. The van der Waals surface area contributed by atoms with Gasteiger partial charge >= 0.3 is 0 Å². The maximum Gasteiger partial charge on any atom is 0.0713 e. The lowest BCUT2D eigenvalue weighted by molar-refractivity contribution is 0.185. The molecule has 1 aromatic rings. The summed E-state index contributed by atoms with van der Waals surface area (Å²) in [4.78, 5) is 0. The van der Waals surface area contributed by atoms with E-state index in [0.717, 1.165) is 12.5 Å². The van der Waals surface area contributed by atoms with Crippen LogP contribution in [0.15, 0.2) is 24.3 Å². The van der Waals surface area contributed by atoms with Crippen LogP contribution in [-0.4, -0.2) is 7.11 Å². The number of benzene rings is 1. The Kier molecular flexibility index (Phi) is 3.42. The van der Waals surface area contributed by atoms with Gasteiger partial charge in [0.15, 0.2) is 0 Å². The number of hydrogen-bond donors (Lipinski definition) is 0. The zero-order valence-electron chi connectivity index (χ0n) is 9.70. The zero-order valence-corrected chi connectivity index (χ0v) is 9.70. The molecule has 0 radical (unpaired) electrons. The van der Waals surface area contributed by atoms with E-state index in [0.29, 0.717) is 5.92 Å². The minimum Gasteiger partial charge on any atom is -0.380 e. The predicted molar refractivity (Wildman–Crippen MR) is 62.9 cm³/mol. The van der Waals surface area contributed by atoms with Crippen molar-refractivity contribution in [2.75, 3.05) is 7.11 Å². The van der Waals surface area contributed by atoms with Gasteiger partial charge in [0.25, 0.3) is 0 Å². The van der Waals surface area contributed by atoms with Crippen molar-refractivity contribution in [1.29, 1.82) is 0 Å². The average molecular weight is 204 g/mol. The molecule has 0 aromatic heterocycles. The summed E-state index contributed by atoms with van der Waals surface area (Å²) in [6.45, 7) is 3.06. The molecule has 1 saturated carbocycles. The van der Waals surface area contributed by atoms with Crippen LogP contribution in [-0.2, 0) is 11.3 Å².